The van der Waals surface area contributed by atoms with Crippen LogP contribution < -0.4 is 5.32 Å². The van der Waals surface area contributed by atoms with Crippen LogP contribution in [0.1, 0.15) is 42.6 Å². The maximum absolute atomic E-state index is 12.6. The third-order valence-corrected chi connectivity index (χ3v) is 5.14. The molecule has 0 fully saturated rings. The highest BCUT2D eigenvalue weighted by molar-refractivity contribution is 9.10. The minimum Gasteiger partial charge on any atom is -0.339 e. The van der Waals surface area contributed by atoms with Crippen molar-refractivity contribution in [1.29, 1.82) is 0 Å². The first-order valence-corrected chi connectivity index (χ1v) is 10.4. The summed E-state index contributed by atoms with van der Waals surface area (Å²) in [6, 6.07) is 14.7. The molecule has 0 aromatic heterocycles. The van der Waals surface area contributed by atoms with Crippen LogP contribution in [-0.2, 0) is 6.54 Å². The summed E-state index contributed by atoms with van der Waals surface area (Å²) in [6.45, 7) is 6.14. The summed E-state index contributed by atoms with van der Waals surface area (Å²) in [4.78, 5) is 28.6. The Hall–Kier alpha value is -2.34. The topological polar surface area (TPSA) is 52.7 Å². The molecule has 0 aliphatic carbocycles. The van der Waals surface area contributed by atoms with Crippen molar-refractivity contribution in [2.45, 2.75) is 33.2 Å². The average molecular weight is 446 g/mol. The number of carbonyl (C=O) groups is 2. The monoisotopic (exact) mass is 445 g/mol. The van der Waals surface area contributed by atoms with E-state index in [0.717, 1.165) is 36.0 Å². The Morgan fingerprint density at radius 3 is 2.14 bits per heavy atom. The molecule has 2 aromatic carbocycles. The molecule has 0 saturated carbocycles. The van der Waals surface area contributed by atoms with Crippen molar-refractivity contribution in [3.8, 4) is 0 Å². The van der Waals surface area contributed by atoms with Crippen LogP contribution >= 0.6 is 15.9 Å². The third kappa shape index (κ3) is 6.09. The normalized spacial score (nSPS) is 10.4. The largest absolute Gasteiger partial charge is 0.339 e. The summed E-state index contributed by atoms with van der Waals surface area (Å²) in [5.74, 6) is 0.0348. The van der Waals surface area contributed by atoms with Crippen LogP contribution in [0.25, 0.3) is 0 Å². The van der Waals surface area contributed by atoms with Gasteiger partial charge in [-0.1, -0.05) is 48.0 Å². The number of hydrogen-bond acceptors (Lipinski definition) is 2. The Morgan fingerprint density at radius 2 is 1.57 bits per heavy atom. The lowest BCUT2D eigenvalue weighted by Gasteiger charge is -2.22. The number of nitrogens with zero attached hydrogens (tertiary/aromatic N) is 2. The maximum Gasteiger partial charge on any atom is 0.321 e. The van der Waals surface area contributed by atoms with Gasteiger partial charge in [-0.05, 0) is 48.7 Å². The van der Waals surface area contributed by atoms with Gasteiger partial charge in [0.15, 0.2) is 0 Å². The highest BCUT2D eigenvalue weighted by Gasteiger charge is 2.15. The molecule has 2 aromatic rings. The molecule has 6 heteroatoms. The summed E-state index contributed by atoms with van der Waals surface area (Å²) in [7, 11) is 1.75. The van der Waals surface area contributed by atoms with Crippen molar-refractivity contribution < 1.29 is 9.59 Å². The number of benzene rings is 2. The molecule has 0 saturated heterocycles. The van der Waals surface area contributed by atoms with E-state index in [2.05, 4.69) is 35.1 Å². The van der Waals surface area contributed by atoms with E-state index in [1.807, 2.05) is 29.2 Å². The SMILES string of the molecule is CCCN(CCC)C(=O)c1ccc(NC(=O)N(C)Cc2ccccc2Br)cc1. The summed E-state index contributed by atoms with van der Waals surface area (Å²) in [5.41, 5.74) is 2.34. The molecule has 3 amide bonds. The highest BCUT2D eigenvalue weighted by Crippen LogP contribution is 2.18. The standard InChI is InChI=1S/C22H28BrN3O2/c1-4-14-26(15-5-2)21(27)17-10-12-19(13-11-17)24-22(28)25(3)16-18-8-6-7-9-20(18)23/h6-13H,4-5,14-16H2,1-3H3,(H,24,28). The number of rotatable bonds is 8. The lowest BCUT2D eigenvalue weighted by Crippen LogP contribution is -2.32. The van der Waals surface area contributed by atoms with Crippen molar-refractivity contribution in [3.05, 3.63) is 64.1 Å². The molecule has 2 rings (SSSR count). The third-order valence-electron chi connectivity index (χ3n) is 4.37. The number of halogens is 1. The lowest BCUT2D eigenvalue weighted by atomic mass is 10.1. The molecule has 28 heavy (non-hydrogen) atoms. The second-order valence-electron chi connectivity index (χ2n) is 6.75. The van der Waals surface area contributed by atoms with Gasteiger partial charge in [-0.3, -0.25) is 4.79 Å². The Bertz CT molecular complexity index is 787. The first-order chi connectivity index (χ1) is 13.5. The molecule has 0 radical (unpaired) electrons. The van der Waals surface area contributed by atoms with Crippen LogP contribution in [0.15, 0.2) is 53.0 Å². The molecule has 0 unspecified atom stereocenters. The van der Waals surface area contributed by atoms with E-state index in [4.69, 9.17) is 0 Å². The summed E-state index contributed by atoms with van der Waals surface area (Å²) < 4.78 is 0.973. The fourth-order valence-electron chi connectivity index (χ4n) is 2.91. The summed E-state index contributed by atoms with van der Waals surface area (Å²) in [5, 5.41) is 2.87. The number of amides is 3. The zero-order valence-corrected chi connectivity index (χ0v) is 18.3. The van der Waals surface area contributed by atoms with Crippen LogP contribution in [0, 0.1) is 0 Å². The van der Waals surface area contributed by atoms with Crippen molar-refractivity contribution in [1.82, 2.24) is 9.80 Å². The minimum atomic E-state index is -0.201. The fourth-order valence-corrected chi connectivity index (χ4v) is 3.32. The Morgan fingerprint density at radius 1 is 0.964 bits per heavy atom. The van der Waals surface area contributed by atoms with Crippen molar-refractivity contribution >= 4 is 33.6 Å². The molecule has 0 atom stereocenters. The van der Waals surface area contributed by atoms with E-state index < -0.39 is 0 Å². The molecule has 0 aliphatic heterocycles. The molecule has 150 valence electrons. The van der Waals surface area contributed by atoms with Gasteiger partial charge in [-0.25, -0.2) is 4.79 Å². The first kappa shape index (κ1) is 22.0. The van der Waals surface area contributed by atoms with E-state index in [9.17, 15) is 9.59 Å². The highest BCUT2D eigenvalue weighted by atomic mass is 79.9. The lowest BCUT2D eigenvalue weighted by molar-refractivity contribution is 0.0755. The van der Waals surface area contributed by atoms with E-state index >= 15 is 0 Å². The van der Waals surface area contributed by atoms with Gasteiger partial charge in [0.25, 0.3) is 5.91 Å². The van der Waals surface area contributed by atoms with Gasteiger partial charge in [0.05, 0.1) is 0 Å². The van der Waals surface area contributed by atoms with Crippen molar-refractivity contribution in [3.63, 3.8) is 0 Å². The molecule has 0 aliphatic rings. The number of anilines is 1. The van der Waals surface area contributed by atoms with Crippen molar-refractivity contribution in [2.75, 3.05) is 25.5 Å². The molecular formula is C22H28BrN3O2. The van der Waals surface area contributed by atoms with Gasteiger partial charge in [-0.15, -0.1) is 0 Å². The number of carbonyl (C=O) groups excluding carboxylic acids is 2. The Balaban J connectivity index is 1.98. The van der Waals surface area contributed by atoms with Crippen LogP contribution in [0.4, 0.5) is 10.5 Å². The van der Waals surface area contributed by atoms with Gasteiger partial charge in [0.2, 0.25) is 0 Å². The van der Waals surface area contributed by atoms with Gasteiger partial charge < -0.3 is 15.1 Å². The molecule has 0 spiro atoms. The Labute approximate surface area is 175 Å². The zero-order valence-electron chi connectivity index (χ0n) is 16.7. The predicted molar refractivity (Wildman–Crippen MR) is 118 cm³/mol. The van der Waals surface area contributed by atoms with E-state index in [0.29, 0.717) is 17.8 Å². The second kappa shape index (κ2) is 10.9. The molecule has 0 bridgehead atoms. The smallest absolute Gasteiger partial charge is 0.321 e. The number of urea groups is 1. The zero-order chi connectivity index (χ0) is 20.5. The fraction of sp³-hybridized carbons (Fsp3) is 0.364. The van der Waals surface area contributed by atoms with E-state index in [-0.39, 0.29) is 11.9 Å². The van der Waals surface area contributed by atoms with Crippen molar-refractivity contribution in [2.24, 2.45) is 0 Å². The van der Waals surface area contributed by atoms with Gasteiger partial charge >= 0.3 is 6.03 Å². The first-order valence-electron chi connectivity index (χ1n) is 9.61. The van der Waals surface area contributed by atoms with Crippen LogP contribution in [0.3, 0.4) is 0 Å². The molecular weight excluding hydrogens is 418 g/mol. The van der Waals surface area contributed by atoms with Gasteiger partial charge in [-0.2, -0.15) is 0 Å². The quantitative estimate of drug-likeness (QED) is 0.593. The summed E-state index contributed by atoms with van der Waals surface area (Å²) in [6.07, 6.45) is 1.87. The van der Waals surface area contributed by atoms with Crippen LogP contribution in [0.5, 0.6) is 0 Å². The average Bonchev–Trinajstić information content (AvgIpc) is 2.69. The second-order valence-corrected chi connectivity index (χ2v) is 7.60. The van der Waals surface area contributed by atoms with Crippen LogP contribution in [0.2, 0.25) is 0 Å². The van der Waals surface area contributed by atoms with E-state index in [1.54, 1.807) is 36.2 Å². The van der Waals surface area contributed by atoms with Gasteiger partial charge in [0, 0.05) is 42.4 Å². The molecule has 1 N–H and O–H groups in total. The van der Waals surface area contributed by atoms with Gasteiger partial charge in [0.1, 0.15) is 0 Å². The van der Waals surface area contributed by atoms with Crippen LogP contribution in [-0.4, -0.2) is 41.9 Å². The predicted octanol–water partition coefficient (Wildman–Crippen LogP) is 5.38. The number of nitrogens with one attached hydrogen (secondary N) is 1. The Kier molecular flexibility index (Phi) is 8.51. The molecule has 0 heterocycles. The maximum atomic E-state index is 12.6. The number of hydrogen-bond donors (Lipinski definition) is 1. The van der Waals surface area contributed by atoms with E-state index in [1.165, 1.54) is 0 Å². The summed E-state index contributed by atoms with van der Waals surface area (Å²) >= 11 is 3.50. The molecule has 5 nitrogen and oxygen atoms in total. The minimum absolute atomic E-state index is 0.0348.